The number of hydrogen-bond acceptors (Lipinski definition) is 4. The largest absolute Gasteiger partial charge is 0.497 e. The molecule has 0 saturated carbocycles. The fourth-order valence-electron chi connectivity index (χ4n) is 2.43. The Hall–Kier alpha value is -2.86. The lowest BCUT2D eigenvalue weighted by molar-refractivity contribution is -0.120. The van der Waals surface area contributed by atoms with Crippen molar-refractivity contribution in [2.24, 2.45) is 0 Å². The summed E-state index contributed by atoms with van der Waals surface area (Å²) in [4.78, 5) is 23.1. The smallest absolute Gasteiger partial charge is 0.335 e. The average Bonchev–Trinajstić information content (AvgIpc) is 2.65. The number of hydrogen-bond donors (Lipinski definition) is 2. The van der Waals surface area contributed by atoms with Gasteiger partial charge in [-0.15, -0.1) is 0 Å². The lowest BCUT2D eigenvalue weighted by Gasteiger charge is -2.08. The third-order valence-corrected chi connectivity index (χ3v) is 3.81. The molecule has 2 rings (SSSR count). The average molecular weight is 357 g/mol. The third-order valence-electron chi connectivity index (χ3n) is 3.81. The zero-order valence-electron chi connectivity index (χ0n) is 14.7. The van der Waals surface area contributed by atoms with E-state index < -0.39 is 5.97 Å². The number of benzene rings is 2. The fourth-order valence-corrected chi connectivity index (χ4v) is 2.43. The monoisotopic (exact) mass is 357 g/mol. The van der Waals surface area contributed by atoms with Crippen LogP contribution in [0.1, 0.15) is 27.9 Å². The maximum atomic E-state index is 11.9. The van der Waals surface area contributed by atoms with Crippen LogP contribution in [0.3, 0.4) is 0 Å². The molecule has 0 aliphatic rings. The molecular formula is C20H23NO5. The van der Waals surface area contributed by atoms with E-state index in [2.05, 4.69) is 5.32 Å². The zero-order valence-corrected chi connectivity index (χ0v) is 14.7. The molecule has 26 heavy (non-hydrogen) atoms. The Morgan fingerprint density at radius 1 is 1.08 bits per heavy atom. The van der Waals surface area contributed by atoms with Crippen molar-refractivity contribution in [2.45, 2.75) is 19.4 Å². The summed E-state index contributed by atoms with van der Waals surface area (Å²) in [6, 6.07) is 14.2. The standard InChI is InChI=1S/C20H23NO5/c1-25-17-9-7-15(8-10-17)14-26-12-4-11-21-19(22)13-16-5-2-3-6-18(16)20(23)24/h2-3,5-10H,4,11-14H2,1H3,(H,21,22)(H,23,24). The minimum absolute atomic E-state index is 0.0508. The lowest BCUT2D eigenvalue weighted by atomic mass is 10.0. The number of nitrogens with one attached hydrogen (secondary N) is 1. The maximum absolute atomic E-state index is 11.9. The highest BCUT2D eigenvalue weighted by atomic mass is 16.5. The van der Waals surface area contributed by atoms with E-state index in [0.717, 1.165) is 11.3 Å². The van der Waals surface area contributed by atoms with Crippen LogP contribution in [0.5, 0.6) is 5.75 Å². The summed E-state index contributed by atoms with van der Waals surface area (Å²) in [5, 5.41) is 11.9. The van der Waals surface area contributed by atoms with Gasteiger partial charge < -0.3 is 19.9 Å². The molecule has 2 N–H and O–H groups in total. The Morgan fingerprint density at radius 2 is 1.81 bits per heavy atom. The Labute approximate surface area is 152 Å². The lowest BCUT2D eigenvalue weighted by Crippen LogP contribution is -2.27. The summed E-state index contributed by atoms with van der Waals surface area (Å²) in [5.74, 6) is -0.421. The van der Waals surface area contributed by atoms with Crippen LogP contribution in [0, 0.1) is 0 Å². The summed E-state index contributed by atoms with van der Waals surface area (Å²) >= 11 is 0. The number of methoxy groups -OCH3 is 1. The van der Waals surface area contributed by atoms with Crippen LogP contribution < -0.4 is 10.1 Å². The normalized spacial score (nSPS) is 10.3. The van der Waals surface area contributed by atoms with E-state index in [9.17, 15) is 9.59 Å². The van der Waals surface area contributed by atoms with E-state index in [1.54, 1.807) is 25.3 Å². The molecule has 0 radical (unpaired) electrons. The van der Waals surface area contributed by atoms with Crippen LogP contribution in [0.2, 0.25) is 0 Å². The van der Waals surface area contributed by atoms with Gasteiger partial charge in [-0.05, 0) is 35.7 Å². The molecule has 0 saturated heterocycles. The first-order chi connectivity index (χ1) is 12.6. The van der Waals surface area contributed by atoms with Crippen molar-refractivity contribution in [3.05, 3.63) is 65.2 Å². The fraction of sp³-hybridized carbons (Fsp3) is 0.300. The second-order valence-electron chi connectivity index (χ2n) is 5.74. The van der Waals surface area contributed by atoms with E-state index in [1.165, 1.54) is 6.07 Å². The number of carboxylic acid groups (broad SMARTS) is 1. The molecule has 6 nitrogen and oxygen atoms in total. The molecule has 6 heteroatoms. The summed E-state index contributed by atoms with van der Waals surface area (Å²) in [6.45, 7) is 1.51. The molecule has 0 aromatic heterocycles. The van der Waals surface area contributed by atoms with Crippen molar-refractivity contribution < 1.29 is 24.2 Å². The number of carboxylic acids is 1. The highest BCUT2D eigenvalue weighted by Crippen LogP contribution is 2.12. The molecule has 0 spiro atoms. The SMILES string of the molecule is COc1ccc(COCCCNC(=O)Cc2ccccc2C(=O)O)cc1. The van der Waals surface area contributed by atoms with Crippen molar-refractivity contribution in [1.82, 2.24) is 5.32 Å². The molecule has 0 unspecified atom stereocenters. The maximum Gasteiger partial charge on any atom is 0.335 e. The number of carbonyl (C=O) groups excluding carboxylic acids is 1. The van der Waals surface area contributed by atoms with Crippen molar-refractivity contribution in [2.75, 3.05) is 20.3 Å². The number of ether oxygens (including phenoxy) is 2. The summed E-state index contributed by atoms with van der Waals surface area (Å²) < 4.78 is 10.7. The molecule has 2 aromatic carbocycles. The predicted octanol–water partition coefficient (Wildman–Crippen LogP) is 2.66. The summed E-state index contributed by atoms with van der Waals surface area (Å²) in [5.41, 5.74) is 1.72. The molecule has 0 heterocycles. The van der Waals surface area contributed by atoms with Crippen molar-refractivity contribution in [3.8, 4) is 5.75 Å². The van der Waals surface area contributed by atoms with Crippen molar-refractivity contribution >= 4 is 11.9 Å². The Morgan fingerprint density at radius 3 is 2.50 bits per heavy atom. The van der Waals surface area contributed by atoms with Gasteiger partial charge in [-0.1, -0.05) is 30.3 Å². The molecule has 0 atom stereocenters. The summed E-state index contributed by atoms with van der Waals surface area (Å²) in [7, 11) is 1.63. The number of rotatable bonds is 10. The van der Waals surface area contributed by atoms with Crippen LogP contribution >= 0.6 is 0 Å². The topological polar surface area (TPSA) is 84.9 Å². The number of carbonyl (C=O) groups is 2. The van der Waals surface area contributed by atoms with Gasteiger partial charge in [0.1, 0.15) is 5.75 Å². The molecule has 0 aliphatic carbocycles. The number of amides is 1. The molecule has 2 aromatic rings. The molecular weight excluding hydrogens is 334 g/mol. The number of aromatic carboxylic acids is 1. The Kier molecular flexibility index (Phi) is 7.64. The van der Waals surface area contributed by atoms with Gasteiger partial charge in [0.05, 0.1) is 25.7 Å². The minimum Gasteiger partial charge on any atom is -0.497 e. The van der Waals surface area contributed by atoms with E-state index in [-0.39, 0.29) is 17.9 Å². The van der Waals surface area contributed by atoms with Crippen LogP contribution in [0.4, 0.5) is 0 Å². The molecule has 0 bridgehead atoms. The van der Waals surface area contributed by atoms with Gasteiger partial charge in [-0.25, -0.2) is 4.79 Å². The highest BCUT2D eigenvalue weighted by molar-refractivity contribution is 5.91. The van der Waals surface area contributed by atoms with Crippen LogP contribution in [0.25, 0.3) is 0 Å². The summed E-state index contributed by atoms with van der Waals surface area (Å²) in [6.07, 6.45) is 0.734. The second-order valence-corrected chi connectivity index (χ2v) is 5.74. The third kappa shape index (κ3) is 6.22. The van der Waals surface area contributed by atoms with Crippen LogP contribution in [-0.2, 0) is 22.6 Å². The van der Waals surface area contributed by atoms with Gasteiger partial charge in [0.15, 0.2) is 0 Å². The quantitative estimate of drug-likeness (QED) is 0.639. The first-order valence-electron chi connectivity index (χ1n) is 8.38. The van der Waals surface area contributed by atoms with E-state index >= 15 is 0 Å². The molecule has 138 valence electrons. The van der Waals surface area contributed by atoms with E-state index in [1.807, 2.05) is 24.3 Å². The van der Waals surface area contributed by atoms with Gasteiger partial charge in [-0.2, -0.15) is 0 Å². The van der Waals surface area contributed by atoms with Gasteiger partial charge in [-0.3, -0.25) is 4.79 Å². The van der Waals surface area contributed by atoms with Crippen LogP contribution in [0.15, 0.2) is 48.5 Å². The minimum atomic E-state index is -1.03. The molecule has 0 fully saturated rings. The van der Waals surface area contributed by atoms with Gasteiger partial charge in [0.25, 0.3) is 0 Å². The van der Waals surface area contributed by atoms with E-state index in [0.29, 0.717) is 31.7 Å². The predicted molar refractivity (Wildman–Crippen MR) is 97.4 cm³/mol. The van der Waals surface area contributed by atoms with Gasteiger partial charge in [0, 0.05) is 13.2 Å². The first kappa shape index (κ1) is 19.5. The Balaban J connectivity index is 1.63. The van der Waals surface area contributed by atoms with Gasteiger partial charge in [0.2, 0.25) is 5.91 Å². The zero-order chi connectivity index (χ0) is 18.8. The highest BCUT2D eigenvalue weighted by Gasteiger charge is 2.11. The van der Waals surface area contributed by atoms with Crippen LogP contribution in [-0.4, -0.2) is 37.2 Å². The van der Waals surface area contributed by atoms with Gasteiger partial charge >= 0.3 is 5.97 Å². The second kappa shape index (κ2) is 10.2. The van der Waals surface area contributed by atoms with Crippen molar-refractivity contribution in [3.63, 3.8) is 0 Å². The van der Waals surface area contributed by atoms with Crippen molar-refractivity contribution in [1.29, 1.82) is 0 Å². The molecule has 1 amide bonds. The van der Waals surface area contributed by atoms with E-state index in [4.69, 9.17) is 14.6 Å². The molecule has 0 aliphatic heterocycles. The Bertz CT molecular complexity index is 727. The first-order valence-corrected chi connectivity index (χ1v) is 8.38.